The van der Waals surface area contributed by atoms with E-state index in [0.29, 0.717) is 0 Å². The molecule has 2 aromatic carbocycles. The molecular formula is C17H15F3O3. The summed E-state index contributed by atoms with van der Waals surface area (Å²) in [5.41, 5.74) is -0.135. The molecule has 0 saturated carbocycles. The van der Waals surface area contributed by atoms with E-state index < -0.39 is 17.7 Å². The lowest BCUT2D eigenvalue weighted by atomic mass is 10.1. The van der Waals surface area contributed by atoms with Gasteiger partial charge in [0.2, 0.25) is 0 Å². The first-order valence-electron chi connectivity index (χ1n) is 6.97. The van der Waals surface area contributed by atoms with Crippen LogP contribution in [0.2, 0.25) is 0 Å². The SMILES string of the molecule is CCOC(=O)c1ccc(C(F)(F)F)cc1OCc1ccccc1. The number of ether oxygens (including phenoxy) is 2. The quantitative estimate of drug-likeness (QED) is 0.762. The fraction of sp³-hybridized carbons (Fsp3) is 0.235. The molecule has 0 aliphatic rings. The number of hydrogen-bond acceptors (Lipinski definition) is 3. The number of esters is 1. The number of hydrogen-bond donors (Lipinski definition) is 0. The molecule has 2 aromatic rings. The Bertz CT molecular complexity index is 667. The van der Waals surface area contributed by atoms with Crippen molar-refractivity contribution in [1.82, 2.24) is 0 Å². The van der Waals surface area contributed by atoms with Crippen molar-refractivity contribution in [2.45, 2.75) is 19.7 Å². The summed E-state index contributed by atoms with van der Waals surface area (Å²) >= 11 is 0. The van der Waals surface area contributed by atoms with Crippen molar-refractivity contribution in [3.63, 3.8) is 0 Å². The molecule has 0 aliphatic heterocycles. The number of halogens is 3. The van der Waals surface area contributed by atoms with Crippen LogP contribution in [0.15, 0.2) is 48.5 Å². The Kier molecular flexibility index (Phi) is 5.26. The predicted octanol–water partition coefficient (Wildman–Crippen LogP) is 4.46. The van der Waals surface area contributed by atoms with Gasteiger partial charge in [-0.25, -0.2) is 4.79 Å². The van der Waals surface area contributed by atoms with Crippen LogP contribution in [-0.2, 0) is 17.5 Å². The van der Waals surface area contributed by atoms with E-state index in [4.69, 9.17) is 9.47 Å². The van der Waals surface area contributed by atoms with Gasteiger partial charge in [-0.1, -0.05) is 30.3 Å². The van der Waals surface area contributed by atoms with E-state index in [1.165, 1.54) is 0 Å². The molecule has 6 heteroatoms. The molecule has 0 aromatic heterocycles. The first-order valence-corrected chi connectivity index (χ1v) is 6.97. The molecule has 0 spiro atoms. The first kappa shape index (κ1) is 16.9. The average molecular weight is 324 g/mol. The highest BCUT2D eigenvalue weighted by molar-refractivity contribution is 5.92. The van der Waals surface area contributed by atoms with Gasteiger partial charge < -0.3 is 9.47 Å². The van der Waals surface area contributed by atoms with Crippen molar-refractivity contribution >= 4 is 5.97 Å². The van der Waals surface area contributed by atoms with Gasteiger partial charge in [0.05, 0.1) is 12.2 Å². The number of benzene rings is 2. The zero-order valence-corrected chi connectivity index (χ0v) is 12.4. The molecule has 0 radical (unpaired) electrons. The summed E-state index contributed by atoms with van der Waals surface area (Å²) in [6.07, 6.45) is -4.52. The van der Waals surface area contributed by atoms with Gasteiger partial charge in [0.15, 0.2) is 0 Å². The van der Waals surface area contributed by atoms with Crippen molar-refractivity contribution < 1.29 is 27.4 Å². The summed E-state index contributed by atoms with van der Waals surface area (Å²) in [5.74, 6) is -0.869. The largest absolute Gasteiger partial charge is 0.488 e. The lowest BCUT2D eigenvalue weighted by Crippen LogP contribution is -2.11. The Balaban J connectivity index is 2.30. The second kappa shape index (κ2) is 7.17. The van der Waals surface area contributed by atoms with E-state index in [1.54, 1.807) is 31.2 Å². The summed E-state index contributed by atoms with van der Waals surface area (Å²) in [6, 6.07) is 11.7. The van der Waals surface area contributed by atoms with Gasteiger partial charge in [-0.2, -0.15) is 13.2 Å². The van der Waals surface area contributed by atoms with Crippen LogP contribution in [-0.4, -0.2) is 12.6 Å². The van der Waals surface area contributed by atoms with Crippen LogP contribution in [0, 0.1) is 0 Å². The van der Waals surface area contributed by atoms with Gasteiger partial charge in [-0.3, -0.25) is 0 Å². The highest BCUT2D eigenvalue weighted by atomic mass is 19.4. The predicted molar refractivity (Wildman–Crippen MR) is 78.2 cm³/mol. The van der Waals surface area contributed by atoms with Gasteiger partial charge in [-0.15, -0.1) is 0 Å². The van der Waals surface area contributed by atoms with Crippen LogP contribution < -0.4 is 4.74 Å². The van der Waals surface area contributed by atoms with Crippen molar-refractivity contribution in [2.75, 3.05) is 6.61 Å². The molecule has 122 valence electrons. The second-order valence-electron chi connectivity index (χ2n) is 4.70. The maximum Gasteiger partial charge on any atom is 0.416 e. The van der Waals surface area contributed by atoms with E-state index in [2.05, 4.69) is 0 Å². The van der Waals surface area contributed by atoms with Gasteiger partial charge in [0, 0.05) is 0 Å². The fourth-order valence-corrected chi connectivity index (χ4v) is 1.93. The van der Waals surface area contributed by atoms with Crippen LogP contribution in [0.5, 0.6) is 5.75 Å². The molecule has 0 N–H and O–H groups in total. The zero-order valence-electron chi connectivity index (χ0n) is 12.4. The van der Waals surface area contributed by atoms with Crippen LogP contribution in [0.3, 0.4) is 0 Å². The first-order chi connectivity index (χ1) is 10.9. The molecule has 0 atom stereocenters. The van der Waals surface area contributed by atoms with Gasteiger partial charge in [0.1, 0.15) is 17.9 Å². The summed E-state index contributed by atoms with van der Waals surface area (Å²) in [6.45, 7) is 1.79. The molecule has 0 aliphatic carbocycles. The highest BCUT2D eigenvalue weighted by Crippen LogP contribution is 2.33. The maximum absolute atomic E-state index is 12.8. The number of carbonyl (C=O) groups excluding carboxylic acids is 1. The summed E-state index contributed by atoms with van der Waals surface area (Å²) in [4.78, 5) is 11.9. The van der Waals surface area contributed by atoms with Crippen molar-refractivity contribution in [1.29, 1.82) is 0 Å². The number of carbonyl (C=O) groups is 1. The Morgan fingerprint density at radius 2 is 1.78 bits per heavy atom. The van der Waals surface area contributed by atoms with E-state index in [-0.39, 0.29) is 24.5 Å². The fourth-order valence-electron chi connectivity index (χ4n) is 1.93. The zero-order chi connectivity index (χ0) is 16.9. The topological polar surface area (TPSA) is 35.5 Å². The summed E-state index contributed by atoms with van der Waals surface area (Å²) in [7, 11) is 0. The molecule has 0 unspecified atom stereocenters. The molecule has 0 fully saturated rings. The molecule has 23 heavy (non-hydrogen) atoms. The minimum atomic E-state index is -4.52. The Hall–Kier alpha value is -2.50. The van der Waals surface area contributed by atoms with Crippen molar-refractivity contribution in [3.05, 3.63) is 65.2 Å². The van der Waals surface area contributed by atoms with Crippen molar-refractivity contribution in [2.24, 2.45) is 0 Å². The van der Waals surface area contributed by atoms with Gasteiger partial charge >= 0.3 is 12.1 Å². The minimum absolute atomic E-state index is 0.0317. The third-order valence-electron chi connectivity index (χ3n) is 3.04. The van der Waals surface area contributed by atoms with Crippen LogP contribution in [0.1, 0.15) is 28.4 Å². The standard InChI is InChI=1S/C17H15F3O3/c1-2-22-16(21)14-9-8-13(17(18,19)20)10-15(14)23-11-12-6-4-3-5-7-12/h3-10H,2,11H2,1H3. The Morgan fingerprint density at radius 1 is 1.09 bits per heavy atom. The Labute approximate surface area is 131 Å². The lowest BCUT2D eigenvalue weighted by Gasteiger charge is -2.14. The minimum Gasteiger partial charge on any atom is -0.488 e. The summed E-state index contributed by atoms with van der Waals surface area (Å²) in [5, 5.41) is 0. The van der Waals surface area contributed by atoms with Crippen molar-refractivity contribution in [3.8, 4) is 5.75 Å². The molecule has 2 rings (SSSR count). The lowest BCUT2D eigenvalue weighted by molar-refractivity contribution is -0.137. The molecular weight excluding hydrogens is 309 g/mol. The molecule has 0 heterocycles. The van der Waals surface area contributed by atoms with E-state index in [0.717, 1.165) is 23.8 Å². The van der Waals surface area contributed by atoms with E-state index in [1.807, 2.05) is 6.07 Å². The molecule has 0 saturated heterocycles. The van der Waals surface area contributed by atoms with Crippen LogP contribution in [0.4, 0.5) is 13.2 Å². The maximum atomic E-state index is 12.8. The van der Waals surface area contributed by atoms with E-state index in [9.17, 15) is 18.0 Å². The monoisotopic (exact) mass is 324 g/mol. The number of alkyl halides is 3. The van der Waals surface area contributed by atoms with Crippen LogP contribution >= 0.6 is 0 Å². The van der Waals surface area contributed by atoms with Gasteiger partial charge in [0.25, 0.3) is 0 Å². The second-order valence-corrected chi connectivity index (χ2v) is 4.70. The van der Waals surface area contributed by atoms with E-state index >= 15 is 0 Å². The summed E-state index contributed by atoms with van der Waals surface area (Å²) < 4.78 is 48.8. The normalized spacial score (nSPS) is 11.1. The Morgan fingerprint density at radius 3 is 2.39 bits per heavy atom. The highest BCUT2D eigenvalue weighted by Gasteiger charge is 2.32. The molecule has 0 amide bonds. The third kappa shape index (κ3) is 4.48. The molecule has 3 nitrogen and oxygen atoms in total. The molecule has 0 bridgehead atoms. The average Bonchev–Trinajstić information content (AvgIpc) is 2.53. The third-order valence-corrected chi connectivity index (χ3v) is 3.04. The number of rotatable bonds is 5. The van der Waals surface area contributed by atoms with Gasteiger partial charge in [-0.05, 0) is 30.7 Å². The smallest absolute Gasteiger partial charge is 0.416 e. The van der Waals surface area contributed by atoms with Crippen LogP contribution in [0.25, 0.3) is 0 Å².